The van der Waals surface area contributed by atoms with Crippen LogP contribution >= 0.6 is 0 Å². The molecule has 1 heterocycles. The first-order valence-electron chi connectivity index (χ1n) is 9.12. The maximum absolute atomic E-state index is 10.8. The molecule has 0 saturated heterocycles. The van der Waals surface area contributed by atoms with E-state index >= 15 is 0 Å². The average Bonchev–Trinajstić information content (AvgIpc) is 2.62. The van der Waals surface area contributed by atoms with Crippen LogP contribution in [-0.2, 0) is 12.5 Å². The Morgan fingerprint density at radius 3 is 2.56 bits per heavy atom. The van der Waals surface area contributed by atoms with E-state index in [-0.39, 0.29) is 5.41 Å². The first-order chi connectivity index (χ1) is 11.6. The molecule has 1 N–H and O–H groups in total. The van der Waals surface area contributed by atoms with Crippen LogP contribution in [0.3, 0.4) is 0 Å². The van der Waals surface area contributed by atoms with E-state index in [0.29, 0.717) is 0 Å². The van der Waals surface area contributed by atoms with E-state index in [4.69, 9.17) is 4.43 Å². The van der Waals surface area contributed by atoms with Crippen molar-refractivity contribution in [2.24, 2.45) is 7.05 Å². The van der Waals surface area contributed by atoms with Crippen LogP contribution in [0.2, 0.25) is 13.1 Å². The van der Waals surface area contributed by atoms with Crippen LogP contribution < -0.4 is 4.43 Å². The van der Waals surface area contributed by atoms with Crippen molar-refractivity contribution in [3.8, 4) is 5.75 Å². The van der Waals surface area contributed by atoms with Crippen LogP contribution in [0.1, 0.15) is 62.1 Å². The van der Waals surface area contributed by atoms with Gasteiger partial charge in [0.2, 0.25) is 0 Å². The van der Waals surface area contributed by atoms with Gasteiger partial charge in [0, 0.05) is 29.1 Å². The SMILES string of the molecule is Cc1c(C(C)(C)C)n(C)c2cc3c(c(O[Si](C)C)c12)C(O)CCC=C3. The summed E-state index contributed by atoms with van der Waals surface area (Å²) in [7, 11) is 1.20. The second-order valence-electron chi connectivity index (χ2n) is 8.39. The number of aromatic nitrogens is 1. The van der Waals surface area contributed by atoms with Gasteiger partial charge in [0.25, 0.3) is 9.04 Å². The first kappa shape index (κ1) is 18.3. The molecule has 0 saturated carbocycles. The van der Waals surface area contributed by atoms with Gasteiger partial charge in [-0.1, -0.05) is 32.9 Å². The number of aryl methyl sites for hydroxylation is 2. The normalized spacial score (nSPS) is 17.9. The van der Waals surface area contributed by atoms with Gasteiger partial charge in [-0.05, 0) is 50.1 Å². The molecule has 1 aromatic heterocycles. The van der Waals surface area contributed by atoms with Gasteiger partial charge >= 0.3 is 0 Å². The van der Waals surface area contributed by atoms with Crippen molar-refractivity contribution in [2.45, 2.75) is 65.1 Å². The lowest BCUT2D eigenvalue weighted by Gasteiger charge is -2.21. The molecule has 4 heteroatoms. The molecule has 135 valence electrons. The Labute approximate surface area is 153 Å². The topological polar surface area (TPSA) is 34.4 Å². The van der Waals surface area contributed by atoms with E-state index in [1.165, 1.54) is 22.2 Å². The van der Waals surface area contributed by atoms with Crippen LogP contribution in [0, 0.1) is 6.92 Å². The Morgan fingerprint density at radius 2 is 1.96 bits per heavy atom. The molecule has 0 bridgehead atoms. The van der Waals surface area contributed by atoms with Gasteiger partial charge < -0.3 is 14.1 Å². The number of allylic oxidation sites excluding steroid dienone is 1. The maximum Gasteiger partial charge on any atom is 0.274 e. The molecule has 0 fully saturated rings. The van der Waals surface area contributed by atoms with Gasteiger partial charge in [0.15, 0.2) is 0 Å². The molecule has 1 aliphatic carbocycles. The largest absolute Gasteiger partial charge is 0.542 e. The Bertz CT molecular complexity index is 840. The summed E-state index contributed by atoms with van der Waals surface area (Å²) >= 11 is 0. The lowest BCUT2D eigenvalue weighted by molar-refractivity contribution is 0.167. The average molecular weight is 357 g/mol. The van der Waals surface area contributed by atoms with Gasteiger partial charge in [0.05, 0.1) is 11.6 Å². The van der Waals surface area contributed by atoms with E-state index in [9.17, 15) is 5.11 Å². The molecule has 1 aliphatic rings. The van der Waals surface area contributed by atoms with Gasteiger partial charge in [-0.2, -0.15) is 0 Å². The molecule has 25 heavy (non-hydrogen) atoms. The number of fused-ring (bicyclic) bond motifs is 2. The third kappa shape index (κ3) is 3.06. The lowest BCUT2D eigenvalue weighted by Crippen LogP contribution is -2.17. The minimum atomic E-state index is -0.944. The van der Waals surface area contributed by atoms with Gasteiger partial charge in [-0.3, -0.25) is 0 Å². The van der Waals surface area contributed by atoms with Gasteiger partial charge in [-0.15, -0.1) is 0 Å². The van der Waals surface area contributed by atoms with Crippen LogP contribution in [-0.4, -0.2) is 18.7 Å². The zero-order valence-electron chi connectivity index (χ0n) is 16.5. The molecule has 0 spiro atoms. The highest BCUT2D eigenvalue weighted by atomic mass is 28.3. The summed E-state index contributed by atoms with van der Waals surface area (Å²) in [5, 5.41) is 12.0. The van der Waals surface area contributed by atoms with E-state index < -0.39 is 15.1 Å². The second kappa shape index (κ2) is 6.33. The predicted molar refractivity (Wildman–Crippen MR) is 108 cm³/mol. The van der Waals surface area contributed by atoms with E-state index in [1.807, 2.05) is 0 Å². The molecule has 3 nitrogen and oxygen atoms in total. The second-order valence-corrected chi connectivity index (χ2v) is 10.4. The molecule has 2 aromatic rings. The highest BCUT2D eigenvalue weighted by Gasteiger charge is 2.29. The van der Waals surface area contributed by atoms with Crippen LogP contribution in [0.5, 0.6) is 5.75 Å². The summed E-state index contributed by atoms with van der Waals surface area (Å²) < 4.78 is 8.71. The predicted octanol–water partition coefficient (Wildman–Crippen LogP) is 5.25. The molecule has 1 atom stereocenters. The van der Waals surface area contributed by atoms with Crippen molar-refractivity contribution >= 4 is 26.0 Å². The number of rotatable bonds is 2. The van der Waals surface area contributed by atoms with Crippen molar-refractivity contribution < 1.29 is 9.53 Å². The molecule has 1 radical (unpaired) electrons. The highest BCUT2D eigenvalue weighted by molar-refractivity contribution is 6.49. The van der Waals surface area contributed by atoms with Crippen LogP contribution in [0.4, 0.5) is 0 Å². The highest BCUT2D eigenvalue weighted by Crippen LogP contribution is 2.45. The zero-order chi connectivity index (χ0) is 18.5. The number of nitrogens with zero attached hydrogens (tertiary/aromatic N) is 1. The lowest BCUT2D eigenvalue weighted by atomic mass is 9.88. The van der Waals surface area contributed by atoms with Gasteiger partial charge in [0.1, 0.15) is 5.75 Å². The molecule has 1 aromatic carbocycles. The summed E-state index contributed by atoms with van der Waals surface area (Å²) in [6.45, 7) is 13.3. The maximum atomic E-state index is 10.8. The Kier molecular flexibility index (Phi) is 4.63. The summed E-state index contributed by atoms with van der Waals surface area (Å²) in [4.78, 5) is 0. The summed E-state index contributed by atoms with van der Waals surface area (Å²) in [5.41, 5.74) is 5.91. The number of hydrogen-bond donors (Lipinski definition) is 1. The summed E-state index contributed by atoms with van der Waals surface area (Å²) in [6, 6.07) is 2.22. The number of aliphatic hydroxyl groups excluding tert-OH is 1. The molecule has 3 rings (SSSR count). The van der Waals surface area contributed by atoms with Crippen LogP contribution in [0.25, 0.3) is 17.0 Å². The van der Waals surface area contributed by atoms with Gasteiger partial charge in [-0.25, -0.2) is 0 Å². The third-order valence-electron chi connectivity index (χ3n) is 5.01. The third-order valence-corrected chi connectivity index (χ3v) is 5.62. The Hall–Kier alpha value is -1.52. The first-order valence-corrected chi connectivity index (χ1v) is 11.5. The monoisotopic (exact) mass is 356 g/mol. The van der Waals surface area contributed by atoms with Crippen molar-refractivity contribution in [1.29, 1.82) is 0 Å². The standard InChI is InChI=1S/C21H30NO2Si/c1-13-17-15(22(5)20(13)21(2,3)4)12-14-10-8-9-11-16(23)18(14)19(17)24-25(6)7/h8,10,12,16,23H,9,11H2,1-7H3. The zero-order valence-corrected chi connectivity index (χ0v) is 17.5. The fourth-order valence-electron chi connectivity index (χ4n) is 4.26. The van der Waals surface area contributed by atoms with Crippen molar-refractivity contribution in [1.82, 2.24) is 4.57 Å². The molecular formula is C21H30NO2Si. The number of hydrogen-bond acceptors (Lipinski definition) is 2. The number of benzene rings is 1. The van der Waals surface area contributed by atoms with Crippen molar-refractivity contribution in [3.63, 3.8) is 0 Å². The van der Waals surface area contributed by atoms with E-state index in [1.54, 1.807) is 0 Å². The Morgan fingerprint density at radius 1 is 1.28 bits per heavy atom. The Balaban J connectivity index is 2.46. The fourth-order valence-corrected chi connectivity index (χ4v) is 4.88. The summed E-state index contributed by atoms with van der Waals surface area (Å²) in [6.07, 6.45) is 5.49. The van der Waals surface area contributed by atoms with Crippen LogP contribution in [0.15, 0.2) is 12.1 Å². The quantitative estimate of drug-likeness (QED) is 0.745. The molecule has 0 amide bonds. The molecule has 1 unspecified atom stereocenters. The van der Waals surface area contributed by atoms with Crippen molar-refractivity contribution in [3.05, 3.63) is 34.5 Å². The minimum absolute atomic E-state index is 0.0488. The van der Waals surface area contributed by atoms with E-state index in [0.717, 1.165) is 29.7 Å². The van der Waals surface area contributed by atoms with E-state index in [2.05, 4.69) is 70.6 Å². The molecule has 0 aliphatic heterocycles. The minimum Gasteiger partial charge on any atom is -0.542 e. The fraction of sp³-hybridized carbons (Fsp3) is 0.524. The van der Waals surface area contributed by atoms with Crippen molar-refractivity contribution in [2.75, 3.05) is 0 Å². The number of aliphatic hydroxyl groups is 1. The molecular weight excluding hydrogens is 326 g/mol. The summed E-state index contributed by atoms with van der Waals surface area (Å²) in [5.74, 6) is 0.911. The smallest absolute Gasteiger partial charge is 0.274 e.